The van der Waals surface area contributed by atoms with Crippen molar-refractivity contribution in [2.75, 3.05) is 5.73 Å². The van der Waals surface area contributed by atoms with E-state index in [1.165, 1.54) is 11.1 Å². The fourth-order valence-corrected chi connectivity index (χ4v) is 3.43. The highest BCUT2D eigenvalue weighted by atomic mass is 16.4. The van der Waals surface area contributed by atoms with Gasteiger partial charge in [0.1, 0.15) is 11.3 Å². The summed E-state index contributed by atoms with van der Waals surface area (Å²) in [6, 6.07) is 12.2. The Labute approximate surface area is 128 Å². The lowest BCUT2D eigenvalue weighted by Crippen LogP contribution is -2.09. The maximum atomic E-state index is 12.1. The van der Waals surface area contributed by atoms with Crippen molar-refractivity contribution in [1.82, 2.24) is 0 Å². The van der Waals surface area contributed by atoms with E-state index in [4.69, 9.17) is 10.2 Å². The van der Waals surface area contributed by atoms with Gasteiger partial charge in [-0.2, -0.15) is 0 Å². The quantitative estimate of drug-likeness (QED) is 0.693. The Morgan fingerprint density at radius 1 is 1.09 bits per heavy atom. The molecule has 1 aliphatic rings. The molecule has 1 aliphatic carbocycles. The van der Waals surface area contributed by atoms with Crippen molar-refractivity contribution in [3.63, 3.8) is 0 Å². The van der Waals surface area contributed by atoms with Gasteiger partial charge >= 0.3 is 5.63 Å². The predicted molar refractivity (Wildman–Crippen MR) is 89.1 cm³/mol. The van der Waals surface area contributed by atoms with Crippen LogP contribution in [0.4, 0.5) is 5.69 Å². The zero-order valence-electron chi connectivity index (χ0n) is 12.5. The van der Waals surface area contributed by atoms with E-state index in [1.807, 2.05) is 37.3 Å². The molecular weight excluding hydrogens is 274 g/mol. The second kappa shape index (κ2) is 4.73. The molecule has 22 heavy (non-hydrogen) atoms. The number of hydrogen-bond donors (Lipinski definition) is 1. The van der Waals surface area contributed by atoms with Gasteiger partial charge in [-0.05, 0) is 60.6 Å². The van der Waals surface area contributed by atoms with Crippen LogP contribution < -0.4 is 11.4 Å². The fraction of sp³-hybridized carbons (Fsp3) is 0.211. The first-order valence-electron chi connectivity index (χ1n) is 7.59. The average molecular weight is 291 g/mol. The van der Waals surface area contributed by atoms with E-state index in [2.05, 4.69) is 6.07 Å². The molecule has 0 bridgehead atoms. The lowest BCUT2D eigenvalue weighted by atomic mass is 9.95. The van der Waals surface area contributed by atoms with Crippen LogP contribution in [-0.4, -0.2) is 0 Å². The van der Waals surface area contributed by atoms with E-state index in [1.54, 1.807) is 0 Å². The monoisotopic (exact) mass is 291 g/mol. The molecule has 3 heteroatoms. The first kappa shape index (κ1) is 13.1. The van der Waals surface area contributed by atoms with Crippen LogP contribution in [0.25, 0.3) is 22.1 Å². The van der Waals surface area contributed by atoms with Crippen molar-refractivity contribution in [2.45, 2.75) is 26.2 Å². The molecule has 4 rings (SSSR count). The van der Waals surface area contributed by atoms with Crippen LogP contribution in [0.15, 0.2) is 45.6 Å². The van der Waals surface area contributed by atoms with Crippen LogP contribution in [0.5, 0.6) is 0 Å². The predicted octanol–water partition coefficient (Wildman–Crippen LogP) is 3.84. The smallest absolute Gasteiger partial charge is 0.360 e. The Balaban J connectivity index is 2.15. The lowest BCUT2D eigenvalue weighted by molar-refractivity contribution is 0.564. The third-order valence-electron chi connectivity index (χ3n) is 4.57. The second-order valence-electron chi connectivity index (χ2n) is 5.96. The number of rotatable bonds is 1. The van der Waals surface area contributed by atoms with Gasteiger partial charge in [0.2, 0.25) is 0 Å². The molecule has 0 spiro atoms. The molecule has 0 fully saturated rings. The van der Waals surface area contributed by atoms with Gasteiger partial charge < -0.3 is 10.2 Å². The number of aryl methyl sites for hydroxylation is 3. The van der Waals surface area contributed by atoms with Crippen LogP contribution in [0.1, 0.15) is 23.1 Å². The van der Waals surface area contributed by atoms with Crippen LogP contribution >= 0.6 is 0 Å². The highest BCUT2D eigenvalue weighted by molar-refractivity contribution is 6.00. The number of benzene rings is 2. The molecule has 1 heterocycles. The molecule has 0 aliphatic heterocycles. The maximum absolute atomic E-state index is 12.1. The number of fused-ring (bicyclic) bond motifs is 2. The molecule has 0 atom stereocenters. The van der Waals surface area contributed by atoms with E-state index in [-0.39, 0.29) is 5.69 Å². The van der Waals surface area contributed by atoms with Crippen molar-refractivity contribution in [3.8, 4) is 11.1 Å². The van der Waals surface area contributed by atoms with E-state index in [0.29, 0.717) is 5.58 Å². The summed E-state index contributed by atoms with van der Waals surface area (Å²) in [4.78, 5) is 12.1. The summed E-state index contributed by atoms with van der Waals surface area (Å²) in [6.45, 7) is 2.03. The van der Waals surface area contributed by atoms with Crippen LogP contribution in [0.2, 0.25) is 0 Å². The van der Waals surface area contributed by atoms with Gasteiger partial charge in [0.05, 0.1) is 0 Å². The molecule has 0 radical (unpaired) electrons. The van der Waals surface area contributed by atoms with Crippen molar-refractivity contribution in [2.24, 2.45) is 0 Å². The van der Waals surface area contributed by atoms with Gasteiger partial charge in [0.25, 0.3) is 0 Å². The highest BCUT2D eigenvalue weighted by Crippen LogP contribution is 2.36. The minimum Gasteiger partial charge on any atom is -0.421 e. The molecule has 1 aromatic heterocycles. The lowest BCUT2D eigenvalue weighted by Gasteiger charge is -2.12. The zero-order chi connectivity index (χ0) is 15.3. The standard InChI is InChI=1S/C19H17NO2/c1-11-5-2-3-8-14(11)17-15-9-12-6-4-7-13(12)10-16(15)22-19(21)18(17)20/h2-3,5,8-10H,4,6-7,20H2,1H3. The van der Waals surface area contributed by atoms with Crippen molar-refractivity contribution in [3.05, 3.63) is 63.5 Å². The van der Waals surface area contributed by atoms with E-state index >= 15 is 0 Å². The van der Waals surface area contributed by atoms with Gasteiger partial charge in [-0.3, -0.25) is 0 Å². The Hall–Kier alpha value is -2.55. The SMILES string of the molecule is Cc1ccccc1-c1c(N)c(=O)oc2cc3c(cc12)CCC3. The van der Waals surface area contributed by atoms with Gasteiger partial charge in [0.15, 0.2) is 0 Å². The molecule has 0 saturated carbocycles. The third-order valence-corrected chi connectivity index (χ3v) is 4.57. The average Bonchev–Trinajstić information content (AvgIpc) is 2.95. The van der Waals surface area contributed by atoms with Crippen molar-refractivity contribution in [1.29, 1.82) is 0 Å². The highest BCUT2D eigenvalue weighted by Gasteiger charge is 2.19. The minimum absolute atomic E-state index is 0.194. The normalized spacial score (nSPS) is 13.5. The first-order valence-corrected chi connectivity index (χ1v) is 7.59. The van der Waals surface area contributed by atoms with Gasteiger partial charge in [-0.25, -0.2) is 4.79 Å². The van der Waals surface area contributed by atoms with E-state index < -0.39 is 5.63 Å². The van der Waals surface area contributed by atoms with Gasteiger partial charge in [0, 0.05) is 10.9 Å². The molecule has 2 aromatic carbocycles. The van der Waals surface area contributed by atoms with E-state index in [0.717, 1.165) is 41.3 Å². The van der Waals surface area contributed by atoms with Crippen LogP contribution in [0.3, 0.4) is 0 Å². The summed E-state index contributed by atoms with van der Waals surface area (Å²) in [5.74, 6) is 0. The topological polar surface area (TPSA) is 56.2 Å². The first-order chi connectivity index (χ1) is 10.6. The zero-order valence-corrected chi connectivity index (χ0v) is 12.5. The summed E-state index contributed by atoms with van der Waals surface area (Å²) in [5, 5.41) is 0.937. The van der Waals surface area contributed by atoms with Gasteiger partial charge in [-0.1, -0.05) is 24.3 Å². The third kappa shape index (κ3) is 1.86. The van der Waals surface area contributed by atoms with Crippen molar-refractivity contribution >= 4 is 16.7 Å². The molecule has 0 unspecified atom stereocenters. The van der Waals surface area contributed by atoms with Crippen molar-refractivity contribution < 1.29 is 4.42 Å². The largest absolute Gasteiger partial charge is 0.421 e. The van der Waals surface area contributed by atoms with Gasteiger partial charge in [-0.15, -0.1) is 0 Å². The molecule has 2 N–H and O–H groups in total. The molecule has 3 aromatic rings. The summed E-state index contributed by atoms with van der Waals surface area (Å²) in [6.07, 6.45) is 3.29. The number of hydrogen-bond acceptors (Lipinski definition) is 3. The number of anilines is 1. The summed E-state index contributed by atoms with van der Waals surface area (Å²) >= 11 is 0. The number of nitrogen functional groups attached to an aromatic ring is 1. The molecular formula is C19H17NO2. The molecule has 0 saturated heterocycles. The summed E-state index contributed by atoms with van der Waals surface area (Å²) in [7, 11) is 0. The van der Waals surface area contributed by atoms with Crippen LogP contribution in [0, 0.1) is 6.92 Å². The Bertz CT molecular complexity index is 954. The van der Waals surface area contributed by atoms with E-state index in [9.17, 15) is 4.79 Å². The Morgan fingerprint density at radius 3 is 2.59 bits per heavy atom. The van der Waals surface area contributed by atoms with Crippen LogP contribution in [-0.2, 0) is 12.8 Å². The minimum atomic E-state index is -0.455. The summed E-state index contributed by atoms with van der Waals surface area (Å²) in [5.41, 5.74) is 12.0. The fourth-order valence-electron chi connectivity index (χ4n) is 3.43. The molecule has 110 valence electrons. The molecule has 3 nitrogen and oxygen atoms in total. The second-order valence-corrected chi connectivity index (χ2v) is 5.96. The Kier molecular flexibility index (Phi) is 2.83. The molecule has 0 amide bonds. The number of nitrogens with two attached hydrogens (primary N) is 1. The Morgan fingerprint density at radius 2 is 1.82 bits per heavy atom. The summed E-state index contributed by atoms with van der Waals surface area (Å²) < 4.78 is 5.44. The maximum Gasteiger partial charge on any atom is 0.360 e.